The number of likely N-dealkylation sites (tertiary alicyclic amines) is 1. The summed E-state index contributed by atoms with van der Waals surface area (Å²) >= 11 is 0. The molecule has 0 N–H and O–H groups in total. The van der Waals surface area contributed by atoms with Crippen molar-refractivity contribution in [2.45, 2.75) is 31.2 Å². The zero-order valence-electron chi connectivity index (χ0n) is 14.0. The first-order valence-corrected chi connectivity index (χ1v) is 8.70. The summed E-state index contributed by atoms with van der Waals surface area (Å²) in [7, 11) is 0. The van der Waals surface area contributed by atoms with Crippen LogP contribution in [0.4, 0.5) is 4.39 Å². The number of benzene rings is 1. The molecule has 0 saturated carbocycles. The average Bonchev–Trinajstić information content (AvgIpc) is 3.06. The molecule has 2 aliphatic rings. The lowest BCUT2D eigenvalue weighted by molar-refractivity contribution is -0.136. The number of hydrogen-bond acceptors (Lipinski definition) is 4. The highest BCUT2D eigenvalue weighted by Gasteiger charge is 2.34. The summed E-state index contributed by atoms with van der Waals surface area (Å²) in [5, 5.41) is 8.36. The van der Waals surface area contributed by atoms with E-state index in [0.717, 1.165) is 31.9 Å². The van der Waals surface area contributed by atoms with Crippen LogP contribution in [0.15, 0.2) is 30.6 Å². The van der Waals surface area contributed by atoms with Gasteiger partial charge in [0.15, 0.2) is 0 Å². The Balaban J connectivity index is 1.37. The quantitative estimate of drug-likeness (QED) is 0.850. The van der Waals surface area contributed by atoms with Crippen molar-refractivity contribution >= 4 is 5.91 Å². The Morgan fingerprint density at radius 1 is 1.24 bits per heavy atom. The highest BCUT2D eigenvalue weighted by atomic mass is 19.1. The zero-order chi connectivity index (χ0) is 17.2. The molecule has 2 aromatic rings. The maximum atomic E-state index is 13.7. The molecule has 0 radical (unpaired) electrons. The minimum Gasteiger partial charge on any atom is -0.381 e. The summed E-state index contributed by atoms with van der Waals surface area (Å²) in [6.45, 7) is 2.77. The van der Waals surface area contributed by atoms with Gasteiger partial charge in [-0.3, -0.25) is 4.79 Å². The third kappa shape index (κ3) is 3.28. The van der Waals surface area contributed by atoms with Crippen LogP contribution in [0.2, 0.25) is 0 Å². The van der Waals surface area contributed by atoms with Gasteiger partial charge in [-0.05, 0) is 24.5 Å². The second kappa shape index (κ2) is 6.92. The highest BCUT2D eigenvalue weighted by molar-refractivity contribution is 5.79. The molecule has 6 nitrogen and oxygen atoms in total. The van der Waals surface area contributed by atoms with E-state index in [9.17, 15) is 9.18 Å². The number of amides is 1. The molecule has 25 heavy (non-hydrogen) atoms. The monoisotopic (exact) mass is 344 g/mol. The molecule has 1 aromatic carbocycles. The van der Waals surface area contributed by atoms with Crippen molar-refractivity contribution < 1.29 is 13.9 Å². The van der Waals surface area contributed by atoms with E-state index in [0.29, 0.717) is 24.6 Å². The summed E-state index contributed by atoms with van der Waals surface area (Å²) in [6, 6.07) is 6.64. The summed E-state index contributed by atoms with van der Waals surface area (Å²) in [4.78, 5) is 14.1. The smallest absolute Gasteiger partial charge is 0.227 e. The summed E-state index contributed by atoms with van der Waals surface area (Å²) in [5.74, 6) is 1.00. The van der Waals surface area contributed by atoms with E-state index in [1.54, 1.807) is 29.4 Å². The minimum atomic E-state index is -0.325. The first-order chi connectivity index (χ1) is 12.2. The molecule has 1 aromatic heterocycles. The predicted octanol–water partition coefficient (Wildman–Crippen LogP) is 1.94. The van der Waals surface area contributed by atoms with Crippen molar-refractivity contribution in [1.29, 1.82) is 0 Å². The Morgan fingerprint density at radius 2 is 2.00 bits per heavy atom. The molecular formula is C18H21FN4O2. The molecule has 0 unspecified atom stereocenters. The van der Waals surface area contributed by atoms with Crippen LogP contribution in [0.5, 0.6) is 0 Å². The zero-order valence-corrected chi connectivity index (χ0v) is 14.0. The van der Waals surface area contributed by atoms with E-state index < -0.39 is 0 Å². The van der Waals surface area contributed by atoms with Crippen LogP contribution >= 0.6 is 0 Å². The van der Waals surface area contributed by atoms with Gasteiger partial charge in [-0.1, -0.05) is 18.2 Å². The first kappa shape index (κ1) is 16.2. The van der Waals surface area contributed by atoms with E-state index in [1.807, 2.05) is 0 Å². The van der Waals surface area contributed by atoms with Crippen molar-refractivity contribution in [1.82, 2.24) is 19.7 Å². The van der Waals surface area contributed by atoms with Gasteiger partial charge in [0, 0.05) is 32.2 Å². The molecule has 2 aliphatic heterocycles. The third-order valence-corrected chi connectivity index (χ3v) is 5.10. The van der Waals surface area contributed by atoms with Crippen LogP contribution in [-0.2, 0) is 16.0 Å². The van der Waals surface area contributed by atoms with Crippen molar-refractivity contribution in [2.75, 3.05) is 26.3 Å². The van der Waals surface area contributed by atoms with Gasteiger partial charge >= 0.3 is 0 Å². The number of rotatable bonds is 4. The van der Waals surface area contributed by atoms with E-state index in [2.05, 4.69) is 14.8 Å². The predicted molar refractivity (Wildman–Crippen MR) is 88.5 cm³/mol. The Morgan fingerprint density at radius 3 is 2.76 bits per heavy atom. The number of ether oxygens (including phenoxy) is 1. The first-order valence-electron chi connectivity index (χ1n) is 8.70. The SMILES string of the molecule is O=C(Cc1ccccc1F)N1CC(n2cnnc2C2CCOCC2)C1. The van der Waals surface area contributed by atoms with Crippen LogP contribution in [0, 0.1) is 5.82 Å². The van der Waals surface area contributed by atoms with Crippen LogP contribution < -0.4 is 0 Å². The third-order valence-electron chi connectivity index (χ3n) is 5.10. The molecule has 7 heteroatoms. The molecule has 0 bridgehead atoms. The molecule has 4 rings (SSSR count). The van der Waals surface area contributed by atoms with Crippen LogP contribution in [-0.4, -0.2) is 51.9 Å². The Hall–Kier alpha value is -2.28. The molecule has 2 saturated heterocycles. The fourth-order valence-electron chi connectivity index (χ4n) is 3.53. The summed E-state index contributed by atoms with van der Waals surface area (Å²) < 4.78 is 21.2. The van der Waals surface area contributed by atoms with Gasteiger partial charge in [0.25, 0.3) is 0 Å². The van der Waals surface area contributed by atoms with Crippen molar-refractivity contribution in [3.63, 3.8) is 0 Å². The lowest BCUT2D eigenvalue weighted by atomic mass is 9.98. The fraction of sp³-hybridized carbons (Fsp3) is 0.500. The molecule has 132 valence electrons. The average molecular weight is 344 g/mol. The molecule has 1 amide bonds. The standard InChI is InChI=1S/C18H21FN4O2/c19-16-4-2-1-3-14(16)9-17(24)22-10-15(11-22)23-12-20-21-18(23)13-5-7-25-8-6-13/h1-4,12-13,15H,5-11H2. The minimum absolute atomic E-state index is 0.0398. The largest absolute Gasteiger partial charge is 0.381 e. The van der Waals surface area contributed by atoms with Crippen LogP contribution in [0.1, 0.15) is 36.2 Å². The second-order valence-corrected chi connectivity index (χ2v) is 6.70. The maximum Gasteiger partial charge on any atom is 0.227 e. The second-order valence-electron chi connectivity index (χ2n) is 6.70. The van der Waals surface area contributed by atoms with Crippen LogP contribution in [0.3, 0.4) is 0 Å². The number of hydrogen-bond donors (Lipinski definition) is 0. The molecular weight excluding hydrogens is 323 g/mol. The Bertz CT molecular complexity index is 751. The topological polar surface area (TPSA) is 60.2 Å². The van der Waals surface area contributed by atoms with Gasteiger partial charge in [0.2, 0.25) is 5.91 Å². The van der Waals surface area contributed by atoms with Gasteiger partial charge in [-0.15, -0.1) is 10.2 Å². The number of aromatic nitrogens is 3. The maximum absolute atomic E-state index is 13.7. The van der Waals surface area contributed by atoms with Crippen LogP contribution in [0.25, 0.3) is 0 Å². The van der Waals surface area contributed by atoms with E-state index in [-0.39, 0.29) is 24.2 Å². The van der Waals surface area contributed by atoms with E-state index in [1.165, 1.54) is 6.07 Å². The van der Waals surface area contributed by atoms with Crippen molar-refractivity contribution in [3.05, 3.63) is 47.8 Å². The van der Waals surface area contributed by atoms with Crippen molar-refractivity contribution in [3.8, 4) is 0 Å². The Kier molecular flexibility index (Phi) is 4.48. The van der Waals surface area contributed by atoms with E-state index in [4.69, 9.17) is 4.74 Å². The highest BCUT2D eigenvalue weighted by Crippen LogP contribution is 2.30. The molecule has 3 heterocycles. The van der Waals surface area contributed by atoms with Gasteiger partial charge in [-0.2, -0.15) is 0 Å². The fourth-order valence-corrected chi connectivity index (χ4v) is 3.53. The van der Waals surface area contributed by atoms with Gasteiger partial charge in [0.05, 0.1) is 12.5 Å². The number of nitrogens with zero attached hydrogens (tertiary/aromatic N) is 4. The Labute approximate surface area is 145 Å². The lowest BCUT2D eigenvalue weighted by Crippen LogP contribution is -2.51. The molecule has 0 atom stereocenters. The summed E-state index contributed by atoms with van der Waals surface area (Å²) in [6.07, 6.45) is 3.78. The van der Waals surface area contributed by atoms with Gasteiger partial charge in [0.1, 0.15) is 18.0 Å². The molecule has 2 fully saturated rings. The molecule has 0 aliphatic carbocycles. The number of carbonyl (C=O) groups excluding carboxylic acids is 1. The van der Waals surface area contributed by atoms with E-state index >= 15 is 0 Å². The normalized spacial score (nSPS) is 19.0. The number of halogens is 1. The van der Waals surface area contributed by atoms with Gasteiger partial charge in [-0.25, -0.2) is 4.39 Å². The lowest BCUT2D eigenvalue weighted by Gasteiger charge is -2.41. The molecule has 0 spiro atoms. The van der Waals surface area contributed by atoms with Crippen molar-refractivity contribution in [2.24, 2.45) is 0 Å². The summed E-state index contributed by atoms with van der Waals surface area (Å²) in [5.41, 5.74) is 0.447. The van der Waals surface area contributed by atoms with Gasteiger partial charge < -0.3 is 14.2 Å². The number of carbonyl (C=O) groups is 1.